The van der Waals surface area contributed by atoms with Gasteiger partial charge in [0.25, 0.3) is 0 Å². The highest BCUT2D eigenvalue weighted by Crippen LogP contribution is 2.32. The molecule has 1 fully saturated rings. The molecule has 8 heteroatoms. The molecule has 2 aromatic carbocycles. The van der Waals surface area contributed by atoms with Gasteiger partial charge < -0.3 is 19.7 Å². The summed E-state index contributed by atoms with van der Waals surface area (Å²) in [6.45, 7) is 6.46. The predicted octanol–water partition coefficient (Wildman–Crippen LogP) is 4.10. The fourth-order valence-electron chi connectivity index (χ4n) is 4.98. The van der Waals surface area contributed by atoms with Gasteiger partial charge in [-0.25, -0.2) is 9.97 Å². The van der Waals surface area contributed by atoms with Crippen molar-refractivity contribution in [2.75, 3.05) is 38.8 Å². The van der Waals surface area contributed by atoms with Crippen LogP contribution in [0.15, 0.2) is 42.5 Å². The van der Waals surface area contributed by atoms with E-state index in [0.717, 1.165) is 30.6 Å². The number of rotatable bonds is 8. The third-order valence-corrected chi connectivity index (χ3v) is 6.57. The van der Waals surface area contributed by atoms with E-state index in [-0.39, 0.29) is 5.91 Å². The first kappa shape index (κ1) is 25.2. The molecule has 0 aliphatic carbocycles. The fourth-order valence-corrected chi connectivity index (χ4v) is 4.98. The number of carbonyl (C=O) groups is 1. The molecule has 1 aromatic heterocycles. The van der Waals surface area contributed by atoms with E-state index in [1.54, 1.807) is 14.2 Å². The van der Waals surface area contributed by atoms with Crippen molar-refractivity contribution in [3.8, 4) is 17.6 Å². The maximum absolute atomic E-state index is 13.2. The Labute approximate surface area is 212 Å². The molecule has 1 N–H and O–H groups in total. The Morgan fingerprint density at radius 2 is 1.75 bits per heavy atom. The number of carbonyl (C=O) groups excluding carboxylic acids is 1. The quantitative estimate of drug-likeness (QED) is 0.511. The first-order valence-corrected chi connectivity index (χ1v) is 12.3. The van der Waals surface area contributed by atoms with Crippen LogP contribution in [-0.4, -0.2) is 49.7 Å². The van der Waals surface area contributed by atoms with Crippen molar-refractivity contribution >= 4 is 22.8 Å². The second-order valence-corrected chi connectivity index (χ2v) is 9.56. The van der Waals surface area contributed by atoms with Crippen molar-refractivity contribution in [3.63, 3.8) is 0 Å². The first-order valence-electron chi connectivity index (χ1n) is 12.3. The highest BCUT2D eigenvalue weighted by atomic mass is 16.5. The molecule has 4 rings (SSSR count). The van der Waals surface area contributed by atoms with Crippen LogP contribution in [0, 0.1) is 23.2 Å². The van der Waals surface area contributed by atoms with Gasteiger partial charge in [-0.05, 0) is 54.5 Å². The number of hydrogen-bond acceptors (Lipinski definition) is 7. The minimum Gasteiger partial charge on any atom is -0.493 e. The van der Waals surface area contributed by atoms with Gasteiger partial charge in [-0.3, -0.25) is 4.79 Å². The van der Waals surface area contributed by atoms with E-state index in [1.165, 1.54) is 0 Å². The van der Waals surface area contributed by atoms with E-state index in [1.807, 2.05) is 42.5 Å². The molecule has 0 radical (unpaired) electrons. The van der Waals surface area contributed by atoms with Crippen LogP contribution in [0.1, 0.15) is 37.4 Å². The zero-order chi connectivity index (χ0) is 25.7. The molecule has 1 saturated heterocycles. The average molecular weight is 488 g/mol. The van der Waals surface area contributed by atoms with Crippen LogP contribution in [0.3, 0.4) is 0 Å². The van der Waals surface area contributed by atoms with Crippen molar-refractivity contribution in [1.29, 1.82) is 5.26 Å². The van der Waals surface area contributed by atoms with Gasteiger partial charge >= 0.3 is 0 Å². The summed E-state index contributed by atoms with van der Waals surface area (Å²) < 4.78 is 10.6. The second-order valence-electron chi connectivity index (χ2n) is 9.56. The van der Waals surface area contributed by atoms with Crippen LogP contribution in [-0.2, 0) is 11.2 Å². The number of piperidine rings is 1. The van der Waals surface area contributed by atoms with Gasteiger partial charge in [0, 0.05) is 19.6 Å². The number of ether oxygens (including phenoxy) is 2. The number of para-hydroxylation sites is 2. The van der Waals surface area contributed by atoms with Gasteiger partial charge in [-0.15, -0.1) is 0 Å². The molecule has 0 unspecified atom stereocenters. The number of nitrogens with zero attached hydrogens (tertiary/aromatic N) is 4. The largest absolute Gasteiger partial charge is 0.493 e. The number of fused-ring (bicyclic) bond motifs is 1. The van der Waals surface area contributed by atoms with Crippen LogP contribution in [0.2, 0.25) is 0 Å². The van der Waals surface area contributed by atoms with Crippen molar-refractivity contribution in [1.82, 2.24) is 15.3 Å². The summed E-state index contributed by atoms with van der Waals surface area (Å²) in [4.78, 5) is 25.1. The molecule has 0 bridgehead atoms. The van der Waals surface area contributed by atoms with Crippen molar-refractivity contribution in [2.24, 2.45) is 11.8 Å². The van der Waals surface area contributed by atoms with Crippen molar-refractivity contribution in [2.45, 2.75) is 32.6 Å². The molecule has 8 nitrogen and oxygen atoms in total. The Bertz CT molecular complexity index is 1260. The third-order valence-electron chi connectivity index (χ3n) is 6.57. The second kappa shape index (κ2) is 11.3. The summed E-state index contributed by atoms with van der Waals surface area (Å²) in [6.07, 6.45) is 1.73. The highest BCUT2D eigenvalue weighted by molar-refractivity contribution is 5.88. The minimum atomic E-state index is -1.06. The molecule has 3 aromatic rings. The number of nitrogens with one attached hydrogen (secondary N) is 1. The molecule has 36 heavy (non-hydrogen) atoms. The monoisotopic (exact) mass is 487 g/mol. The summed E-state index contributed by atoms with van der Waals surface area (Å²) >= 11 is 0. The smallest absolute Gasteiger partial charge is 0.243 e. The molecule has 1 aliphatic heterocycles. The molecule has 1 amide bonds. The average Bonchev–Trinajstić information content (AvgIpc) is 2.88. The van der Waals surface area contributed by atoms with Crippen molar-refractivity contribution < 1.29 is 14.3 Å². The van der Waals surface area contributed by atoms with E-state index in [0.29, 0.717) is 53.3 Å². The topological polar surface area (TPSA) is 100 Å². The van der Waals surface area contributed by atoms with Crippen molar-refractivity contribution in [3.05, 3.63) is 53.7 Å². The molecule has 0 saturated carbocycles. The van der Waals surface area contributed by atoms with Crippen LogP contribution in [0.5, 0.6) is 11.5 Å². The SMILES string of the molecule is COc1ccc(CCNC(=O)[C@@H](C#N)c2nc3ccccc3nc2N2C[C@@H](C)C[C@H](C)C2)cc1OC. The van der Waals surface area contributed by atoms with E-state index >= 15 is 0 Å². The van der Waals surface area contributed by atoms with E-state index < -0.39 is 5.92 Å². The van der Waals surface area contributed by atoms with Crippen LogP contribution in [0.4, 0.5) is 5.82 Å². The number of nitriles is 1. The summed E-state index contributed by atoms with van der Waals surface area (Å²) in [5.74, 6) is 1.47. The maximum atomic E-state index is 13.2. The first-order chi connectivity index (χ1) is 17.4. The third kappa shape index (κ3) is 5.51. The lowest BCUT2D eigenvalue weighted by molar-refractivity contribution is -0.121. The summed E-state index contributed by atoms with van der Waals surface area (Å²) in [5.41, 5.74) is 2.84. The number of amides is 1. The Hall–Kier alpha value is -3.86. The number of methoxy groups -OCH3 is 2. The minimum absolute atomic E-state index is 0.373. The number of benzene rings is 2. The van der Waals surface area contributed by atoms with E-state index in [2.05, 4.69) is 30.1 Å². The fraction of sp³-hybridized carbons (Fsp3) is 0.429. The molecule has 1 aliphatic rings. The Morgan fingerprint density at radius 3 is 2.39 bits per heavy atom. The zero-order valence-corrected chi connectivity index (χ0v) is 21.3. The standard InChI is InChI=1S/C28H33N5O3/c1-18-13-19(2)17-33(16-18)27-26(31-22-7-5-6-8-23(22)32-27)21(15-29)28(34)30-12-11-20-9-10-24(35-3)25(14-20)36-4/h5-10,14,18-19,21H,11-13,16-17H2,1-4H3,(H,30,34)/t18-,19-,21-/m0/s1. The lowest BCUT2D eigenvalue weighted by Crippen LogP contribution is -2.40. The zero-order valence-electron chi connectivity index (χ0n) is 21.3. The van der Waals surface area contributed by atoms with Gasteiger partial charge in [0.15, 0.2) is 23.2 Å². The van der Waals surface area contributed by atoms with Gasteiger partial charge in [0.1, 0.15) is 5.69 Å². The van der Waals surface area contributed by atoms with Gasteiger partial charge in [0.05, 0.1) is 31.3 Å². The van der Waals surface area contributed by atoms with Crippen LogP contribution < -0.4 is 19.7 Å². The number of aromatic nitrogens is 2. The van der Waals surface area contributed by atoms with Gasteiger partial charge in [0.2, 0.25) is 5.91 Å². The molecular weight excluding hydrogens is 454 g/mol. The summed E-state index contributed by atoms with van der Waals surface area (Å²) in [5, 5.41) is 13.0. The normalized spacial score (nSPS) is 18.4. The van der Waals surface area contributed by atoms with Gasteiger partial charge in [-0.2, -0.15) is 5.26 Å². The Morgan fingerprint density at radius 1 is 1.08 bits per heavy atom. The summed E-state index contributed by atoms with van der Waals surface area (Å²) in [7, 11) is 3.18. The lowest BCUT2D eigenvalue weighted by Gasteiger charge is -2.36. The lowest BCUT2D eigenvalue weighted by atomic mass is 9.91. The Balaban J connectivity index is 1.56. The molecular formula is C28H33N5O3. The number of hydrogen-bond donors (Lipinski definition) is 1. The highest BCUT2D eigenvalue weighted by Gasteiger charge is 2.31. The van der Waals surface area contributed by atoms with E-state index in [9.17, 15) is 10.1 Å². The van der Waals surface area contributed by atoms with Crippen LogP contribution in [0.25, 0.3) is 11.0 Å². The van der Waals surface area contributed by atoms with Gasteiger partial charge in [-0.1, -0.05) is 32.0 Å². The Kier molecular flexibility index (Phi) is 7.89. The number of anilines is 1. The predicted molar refractivity (Wildman–Crippen MR) is 139 cm³/mol. The maximum Gasteiger partial charge on any atom is 0.243 e. The molecule has 188 valence electrons. The van der Waals surface area contributed by atoms with E-state index in [4.69, 9.17) is 19.4 Å². The molecule has 2 heterocycles. The summed E-state index contributed by atoms with van der Waals surface area (Å²) in [6, 6.07) is 15.4. The van der Waals surface area contributed by atoms with Crippen LogP contribution >= 0.6 is 0 Å². The molecule has 0 spiro atoms. The molecule has 3 atom stereocenters.